The number of phenolic OH excluding ortho intramolecular Hbond substituents is 1. The van der Waals surface area contributed by atoms with Gasteiger partial charge in [0.15, 0.2) is 6.61 Å². The van der Waals surface area contributed by atoms with Crippen molar-refractivity contribution in [3.8, 4) is 5.75 Å². The van der Waals surface area contributed by atoms with E-state index in [0.717, 1.165) is 16.5 Å². The molecule has 0 radical (unpaired) electrons. The number of hydrogen-bond acceptors (Lipinski definition) is 6. The summed E-state index contributed by atoms with van der Waals surface area (Å²) in [4.78, 5) is 26.9. The van der Waals surface area contributed by atoms with Crippen LogP contribution < -0.4 is 5.73 Å². The summed E-state index contributed by atoms with van der Waals surface area (Å²) in [6, 6.07) is 3.99. The fourth-order valence-corrected chi connectivity index (χ4v) is 2.30. The summed E-state index contributed by atoms with van der Waals surface area (Å²) < 4.78 is 10.2. The Balaban J connectivity index is 1.89. The normalized spacial score (nSPS) is 14.0. The molecule has 0 aliphatic carbocycles. The second-order valence-corrected chi connectivity index (χ2v) is 7.46. The Morgan fingerprint density at radius 2 is 2.00 bits per heavy atom. The lowest BCUT2D eigenvalue weighted by Crippen LogP contribution is -2.36. The number of nitrogens with one attached hydrogen (secondary N) is 1. The van der Waals surface area contributed by atoms with Gasteiger partial charge in [0.1, 0.15) is 17.9 Å². The van der Waals surface area contributed by atoms with Crippen LogP contribution >= 0.6 is 0 Å². The first kappa shape index (κ1) is 19.8. The number of aromatic hydroxyl groups is 1. The maximum atomic E-state index is 12.0. The molecule has 0 saturated carbocycles. The van der Waals surface area contributed by atoms with E-state index in [9.17, 15) is 14.7 Å². The summed E-state index contributed by atoms with van der Waals surface area (Å²) >= 11 is 0. The molecule has 142 valence electrons. The maximum absolute atomic E-state index is 12.0. The number of hydrogen-bond donors (Lipinski definition) is 3. The molecule has 7 heteroatoms. The molecule has 7 nitrogen and oxygen atoms in total. The highest BCUT2D eigenvalue weighted by molar-refractivity contribution is 5.86. The standard InChI is InChI=1S/C19H26N2O5/c1-11(19(2,3)4)26-17(23)10-25-18(24)15(20)7-12-9-21-16-6-5-13(22)8-14(12)16/h5-6,8-9,11,15,21-22H,7,10,20H2,1-4H3. The van der Waals surface area contributed by atoms with Crippen LogP contribution in [0.2, 0.25) is 0 Å². The van der Waals surface area contributed by atoms with Crippen molar-refractivity contribution in [3.63, 3.8) is 0 Å². The van der Waals surface area contributed by atoms with Crippen LogP contribution in [-0.2, 0) is 25.5 Å². The molecule has 0 bridgehead atoms. The maximum Gasteiger partial charge on any atom is 0.344 e. The number of H-pyrrole nitrogens is 1. The van der Waals surface area contributed by atoms with Crippen molar-refractivity contribution < 1.29 is 24.2 Å². The number of phenols is 1. The summed E-state index contributed by atoms with van der Waals surface area (Å²) in [5.41, 5.74) is 7.31. The zero-order valence-electron chi connectivity index (χ0n) is 15.5. The number of esters is 2. The number of aromatic amines is 1. The molecule has 2 unspecified atom stereocenters. The number of carbonyl (C=O) groups excluding carboxylic acids is 2. The topological polar surface area (TPSA) is 115 Å². The summed E-state index contributed by atoms with van der Waals surface area (Å²) in [5, 5.41) is 10.4. The lowest BCUT2D eigenvalue weighted by atomic mass is 9.90. The second kappa shape index (κ2) is 7.78. The van der Waals surface area contributed by atoms with Gasteiger partial charge in [-0.25, -0.2) is 4.79 Å². The number of fused-ring (bicyclic) bond motifs is 1. The van der Waals surface area contributed by atoms with E-state index in [1.54, 1.807) is 31.3 Å². The average Bonchev–Trinajstić information content (AvgIpc) is 2.93. The first-order chi connectivity index (χ1) is 12.1. The fraction of sp³-hybridized carbons (Fsp3) is 0.474. The summed E-state index contributed by atoms with van der Waals surface area (Å²) in [6.07, 6.45) is 1.65. The number of rotatable bonds is 6. The minimum absolute atomic E-state index is 0.130. The van der Waals surface area contributed by atoms with Crippen molar-refractivity contribution >= 4 is 22.8 Å². The highest BCUT2D eigenvalue weighted by Crippen LogP contribution is 2.24. The third kappa shape index (κ3) is 4.98. The van der Waals surface area contributed by atoms with Crippen LogP contribution in [0.15, 0.2) is 24.4 Å². The molecule has 2 rings (SSSR count). The van der Waals surface area contributed by atoms with E-state index in [0.29, 0.717) is 0 Å². The molecule has 26 heavy (non-hydrogen) atoms. The molecular formula is C19H26N2O5. The van der Waals surface area contributed by atoms with Gasteiger partial charge in [-0.05, 0) is 36.1 Å². The van der Waals surface area contributed by atoms with E-state index >= 15 is 0 Å². The summed E-state index contributed by atoms with van der Waals surface area (Å²) in [5.74, 6) is -1.16. The van der Waals surface area contributed by atoms with Crippen LogP contribution in [0.1, 0.15) is 33.3 Å². The molecule has 0 fully saturated rings. The van der Waals surface area contributed by atoms with Crippen molar-refractivity contribution in [2.24, 2.45) is 11.1 Å². The van der Waals surface area contributed by atoms with Crippen molar-refractivity contribution in [2.75, 3.05) is 6.61 Å². The molecule has 1 heterocycles. The minimum Gasteiger partial charge on any atom is -0.508 e. The van der Waals surface area contributed by atoms with Gasteiger partial charge in [0.2, 0.25) is 0 Å². The number of aromatic nitrogens is 1. The Kier molecular flexibility index (Phi) is 5.92. The molecule has 2 aromatic rings. The summed E-state index contributed by atoms with van der Waals surface area (Å²) in [7, 11) is 0. The van der Waals surface area contributed by atoms with Gasteiger partial charge in [-0.3, -0.25) is 4.79 Å². The minimum atomic E-state index is -0.927. The molecule has 0 spiro atoms. The van der Waals surface area contributed by atoms with Gasteiger partial charge >= 0.3 is 11.9 Å². The predicted molar refractivity (Wildman–Crippen MR) is 97.6 cm³/mol. The van der Waals surface area contributed by atoms with Gasteiger partial charge < -0.3 is 25.3 Å². The predicted octanol–water partition coefficient (Wildman–Crippen LogP) is 2.26. The Hall–Kier alpha value is -2.54. The lowest BCUT2D eigenvalue weighted by molar-refractivity contribution is -0.165. The SMILES string of the molecule is CC(OC(=O)COC(=O)C(N)Cc1c[nH]c2ccc(O)cc12)C(C)(C)C. The monoisotopic (exact) mass is 362 g/mol. The summed E-state index contributed by atoms with van der Waals surface area (Å²) in [6.45, 7) is 7.17. The van der Waals surface area contributed by atoms with Crippen molar-refractivity contribution in [1.29, 1.82) is 0 Å². The zero-order valence-corrected chi connectivity index (χ0v) is 15.5. The molecule has 0 amide bonds. The van der Waals surface area contributed by atoms with Crippen LogP contribution in [0.5, 0.6) is 5.75 Å². The molecular weight excluding hydrogens is 336 g/mol. The Morgan fingerprint density at radius 1 is 1.31 bits per heavy atom. The van der Waals surface area contributed by atoms with Crippen molar-refractivity contribution in [2.45, 2.75) is 46.3 Å². The van der Waals surface area contributed by atoms with Crippen LogP contribution in [0, 0.1) is 5.41 Å². The van der Waals surface area contributed by atoms with Crippen LogP contribution in [0.4, 0.5) is 0 Å². The highest BCUT2D eigenvalue weighted by atomic mass is 16.6. The molecule has 4 N–H and O–H groups in total. The van der Waals surface area contributed by atoms with E-state index in [-0.39, 0.29) is 23.7 Å². The molecule has 1 aromatic heterocycles. The van der Waals surface area contributed by atoms with Crippen LogP contribution in [-0.4, -0.2) is 40.8 Å². The smallest absolute Gasteiger partial charge is 0.344 e. The van der Waals surface area contributed by atoms with E-state index in [1.165, 1.54) is 0 Å². The van der Waals surface area contributed by atoms with E-state index in [1.807, 2.05) is 20.8 Å². The fourth-order valence-electron chi connectivity index (χ4n) is 2.30. The zero-order chi connectivity index (χ0) is 19.5. The number of nitrogens with two attached hydrogens (primary N) is 1. The Bertz CT molecular complexity index is 791. The van der Waals surface area contributed by atoms with Gasteiger partial charge in [0, 0.05) is 23.5 Å². The Labute approximate surface area is 152 Å². The third-order valence-corrected chi connectivity index (χ3v) is 4.35. The number of carbonyl (C=O) groups is 2. The van der Waals surface area contributed by atoms with Crippen LogP contribution in [0.25, 0.3) is 10.9 Å². The quantitative estimate of drug-likeness (QED) is 0.679. The molecule has 0 aliphatic heterocycles. The molecule has 0 aliphatic rings. The largest absolute Gasteiger partial charge is 0.508 e. The van der Waals surface area contributed by atoms with E-state index < -0.39 is 24.6 Å². The van der Waals surface area contributed by atoms with Gasteiger partial charge in [0.25, 0.3) is 0 Å². The number of ether oxygens (including phenoxy) is 2. The second-order valence-electron chi connectivity index (χ2n) is 7.46. The van der Waals surface area contributed by atoms with Gasteiger partial charge in [-0.1, -0.05) is 20.8 Å². The van der Waals surface area contributed by atoms with Crippen molar-refractivity contribution in [3.05, 3.63) is 30.0 Å². The van der Waals surface area contributed by atoms with E-state index in [4.69, 9.17) is 15.2 Å². The van der Waals surface area contributed by atoms with Gasteiger partial charge in [-0.2, -0.15) is 0 Å². The molecule has 1 aromatic carbocycles. The van der Waals surface area contributed by atoms with Gasteiger partial charge in [0.05, 0.1) is 0 Å². The first-order valence-corrected chi connectivity index (χ1v) is 8.48. The van der Waals surface area contributed by atoms with Gasteiger partial charge in [-0.15, -0.1) is 0 Å². The molecule has 2 atom stereocenters. The third-order valence-electron chi connectivity index (χ3n) is 4.35. The average molecular weight is 362 g/mol. The lowest BCUT2D eigenvalue weighted by Gasteiger charge is -2.26. The van der Waals surface area contributed by atoms with Crippen molar-refractivity contribution in [1.82, 2.24) is 4.98 Å². The molecule has 0 saturated heterocycles. The number of benzene rings is 1. The van der Waals surface area contributed by atoms with E-state index in [2.05, 4.69) is 4.98 Å². The van der Waals surface area contributed by atoms with Crippen LogP contribution in [0.3, 0.4) is 0 Å². The Morgan fingerprint density at radius 3 is 2.65 bits per heavy atom. The first-order valence-electron chi connectivity index (χ1n) is 8.48. The highest BCUT2D eigenvalue weighted by Gasteiger charge is 2.25.